The Hall–Kier alpha value is -2.63. The summed E-state index contributed by atoms with van der Waals surface area (Å²) in [6.07, 6.45) is 7.97. The number of anilines is 1. The molecule has 0 aliphatic carbocycles. The van der Waals surface area contributed by atoms with E-state index in [1.165, 1.54) is 0 Å². The first kappa shape index (κ1) is 12.4. The maximum atomic E-state index is 5.75. The molecule has 6 nitrogen and oxygen atoms in total. The van der Waals surface area contributed by atoms with E-state index >= 15 is 0 Å². The van der Waals surface area contributed by atoms with Crippen molar-refractivity contribution in [3.05, 3.63) is 48.7 Å². The fourth-order valence-electron chi connectivity index (χ4n) is 1.92. The average molecular weight is 269 g/mol. The van der Waals surface area contributed by atoms with Crippen molar-refractivity contribution in [2.75, 3.05) is 19.0 Å². The van der Waals surface area contributed by atoms with Gasteiger partial charge in [-0.1, -0.05) is 6.07 Å². The summed E-state index contributed by atoms with van der Waals surface area (Å²) in [6.45, 7) is 0.514. The number of hydrogen-bond donors (Lipinski definition) is 1. The lowest BCUT2D eigenvalue weighted by molar-refractivity contribution is 0.310. The molecule has 3 heterocycles. The van der Waals surface area contributed by atoms with Crippen LogP contribution in [-0.2, 0) is 6.42 Å². The highest BCUT2D eigenvalue weighted by Crippen LogP contribution is 2.18. The van der Waals surface area contributed by atoms with Crippen molar-refractivity contribution in [1.82, 2.24) is 19.4 Å². The molecule has 0 atom stereocenters. The van der Waals surface area contributed by atoms with Crippen LogP contribution in [0.5, 0.6) is 5.88 Å². The van der Waals surface area contributed by atoms with Gasteiger partial charge in [-0.05, 0) is 12.1 Å². The molecular weight excluding hydrogens is 254 g/mol. The summed E-state index contributed by atoms with van der Waals surface area (Å²) in [5, 5.41) is 3.01. The molecule has 0 unspecified atom stereocenters. The van der Waals surface area contributed by atoms with Crippen LogP contribution in [0.3, 0.4) is 0 Å². The maximum Gasteiger partial charge on any atom is 0.260 e. The largest absolute Gasteiger partial charge is 0.475 e. The Labute approximate surface area is 116 Å². The monoisotopic (exact) mass is 269 g/mol. The third kappa shape index (κ3) is 2.54. The van der Waals surface area contributed by atoms with Gasteiger partial charge in [0.1, 0.15) is 5.82 Å². The Morgan fingerprint density at radius 2 is 2.20 bits per heavy atom. The SMILES string of the molecule is CNc1cn2ccnc2c(OCCc2ccccn2)n1. The molecule has 0 spiro atoms. The minimum atomic E-state index is 0.514. The van der Waals surface area contributed by atoms with Gasteiger partial charge in [-0.2, -0.15) is 4.98 Å². The summed E-state index contributed by atoms with van der Waals surface area (Å²) in [7, 11) is 1.82. The quantitative estimate of drug-likeness (QED) is 0.765. The van der Waals surface area contributed by atoms with Crippen molar-refractivity contribution < 1.29 is 4.74 Å². The predicted octanol–water partition coefficient (Wildman–Crippen LogP) is 1.79. The first-order chi connectivity index (χ1) is 9.86. The molecule has 0 aromatic carbocycles. The second-order valence-electron chi connectivity index (χ2n) is 4.26. The third-order valence-corrected chi connectivity index (χ3v) is 2.92. The summed E-state index contributed by atoms with van der Waals surface area (Å²) in [5.41, 5.74) is 1.71. The Morgan fingerprint density at radius 1 is 1.25 bits per heavy atom. The number of pyridine rings is 1. The highest BCUT2D eigenvalue weighted by molar-refractivity contribution is 5.53. The van der Waals surface area contributed by atoms with Crippen molar-refractivity contribution in [3.8, 4) is 5.88 Å². The predicted molar refractivity (Wildman–Crippen MR) is 76.0 cm³/mol. The normalized spacial score (nSPS) is 10.7. The van der Waals surface area contributed by atoms with Gasteiger partial charge in [0.15, 0.2) is 0 Å². The number of nitrogens with zero attached hydrogens (tertiary/aromatic N) is 4. The van der Waals surface area contributed by atoms with Crippen LogP contribution in [0.1, 0.15) is 5.69 Å². The van der Waals surface area contributed by atoms with E-state index in [1.54, 1.807) is 12.4 Å². The van der Waals surface area contributed by atoms with Crippen molar-refractivity contribution >= 4 is 11.5 Å². The van der Waals surface area contributed by atoms with Crippen LogP contribution in [0.15, 0.2) is 43.0 Å². The van der Waals surface area contributed by atoms with E-state index < -0.39 is 0 Å². The van der Waals surface area contributed by atoms with Crippen LogP contribution < -0.4 is 10.1 Å². The Balaban J connectivity index is 1.75. The van der Waals surface area contributed by atoms with Gasteiger partial charge in [0.2, 0.25) is 5.65 Å². The van der Waals surface area contributed by atoms with Crippen LogP contribution in [0.25, 0.3) is 5.65 Å². The molecule has 6 heteroatoms. The lowest BCUT2D eigenvalue weighted by atomic mass is 10.3. The molecule has 1 N–H and O–H groups in total. The van der Waals surface area contributed by atoms with Gasteiger partial charge in [0.25, 0.3) is 5.88 Å². The Morgan fingerprint density at radius 3 is 3.00 bits per heavy atom. The molecular formula is C14H15N5O. The second kappa shape index (κ2) is 5.56. The number of hydrogen-bond acceptors (Lipinski definition) is 5. The topological polar surface area (TPSA) is 64.3 Å². The summed E-state index contributed by atoms with van der Waals surface area (Å²) >= 11 is 0. The van der Waals surface area contributed by atoms with Gasteiger partial charge < -0.3 is 10.1 Å². The van der Waals surface area contributed by atoms with Gasteiger partial charge in [-0.15, -0.1) is 0 Å². The highest BCUT2D eigenvalue weighted by atomic mass is 16.5. The fraction of sp³-hybridized carbons (Fsp3) is 0.214. The van der Waals surface area contributed by atoms with Crippen LogP contribution in [-0.4, -0.2) is 33.0 Å². The van der Waals surface area contributed by atoms with Crippen LogP contribution in [0.4, 0.5) is 5.82 Å². The summed E-state index contributed by atoms with van der Waals surface area (Å²) in [5.74, 6) is 1.26. The van der Waals surface area contributed by atoms with Gasteiger partial charge in [0, 0.05) is 37.8 Å². The van der Waals surface area contributed by atoms with Gasteiger partial charge in [-0.3, -0.25) is 9.38 Å². The molecule has 20 heavy (non-hydrogen) atoms. The van der Waals surface area contributed by atoms with Crippen molar-refractivity contribution in [2.45, 2.75) is 6.42 Å². The minimum absolute atomic E-state index is 0.514. The second-order valence-corrected chi connectivity index (χ2v) is 4.26. The molecule has 0 aliphatic heterocycles. The van der Waals surface area contributed by atoms with Gasteiger partial charge >= 0.3 is 0 Å². The van der Waals surface area contributed by atoms with E-state index in [0.717, 1.165) is 17.9 Å². The molecule has 0 bridgehead atoms. The van der Waals surface area contributed by atoms with Crippen LogP contribution in [0, 0.1) is 0 Å². The molecule has 0 radical (unpaired) electrons. The summed E-state index contributed by atoms with van der Waals surface area (Å²) in [4.78, 5) is 12.9. The lowest BCUT2D eigenvalue weighted by Gasteiger charge is -2.08. The number of rotatable bonds is 5. The molecule has 0 aliphatic rings. The van der Waals surface area contributed by atoms with Crippen molar-refractivity contribution in [2.24, 2.45) is 0 Å². The summed E-state index contributed by atoms with van der Waals surface area (Å²) < 4.78 is 7.63. The van der Waals surface area contributed by atoms with E-state index in [4.69, 9.17) is 4.74 Å². The average Bonchev–Trinajstić information content (AvgIpc) is 2.96. The van der Waals surface area contributed by atoms with Crippen LogP contribution in [0.2, 0.25) is 0 Å². The van der Waals surface area contributed by atoms with Crippen molar-refractivity contribution in [1.29, 1.82) is 0 Å². The zero-order valence-corrected chi connectivity index (χ0v) is 11.2. The first-order valence-electron chi connectivity index (χ1n) is 6.41. The number of imidazole rings is 1. The smallest absolute Gasteiger partial charge is 0.260 e. The highest BCUT2D eigenvalue weighted by Gasteiger charge is 2.08. The van der Waals surface area contributed by atoms with Crippen LogP contribution >= 0.6 is 0 Å². The molecule has 0 fully saturated rings. The Bertz CT molecular complexity index is 695. The fourth-order valence-corrected chi connectivity index (χ4v) is 1.92. The van der Waals surface area contributed by atoms with Gasteiger partial charge in [-0.25, -0.2) is 4.98 Å². The lowest BCUT2D eigenvalue weighted by Crippen LogP contribution is -2.06. The number of nitrogens with one attached hydrogen (secondary N) is 1. The van der Waals surface area contributed by atoms with Crippen molar-refractivity contribution in [3.63, 3.8) is 0 Å². The standard InChI is InChI=1S/C14H15N5O/c1-15-12-10-19-8-7-17-13(19)14(18-12)20-9-5-11-4-2-3-6-16-11/h2-4,6-8,10,15H,5,9H2,1H3. The molecule has 0 saturated carbocycles. The number of fused-ring (bicyclic) bond motifs is 1. The van der Waals surface area contributed by atoms with E-state index in [2.05, 4.69) is 20.3 Å². The molecule has 0 amide bonds. The van der Waals surface area contributed by atoms with E-state index in [9.17, 15) is 0 Å². The zero-order valence-electron chi connectivity index (χ0n) is 11.2. The molecule has 3 aromatic heterocycles. The first-order valence-corrected chi connectivity index (χ1v) is 6.41. The Kier molecular flexibility index (Phi) is 3.45. The van der Waals surface area contributed by atoms with E-state index in [-0.39, 0.29) is 0 Å². The van der Waals surface area contributed by atoms with E-state index in [0.29, 0.717) is 18.1 Å². The van der Waals surface area contributed by atoms with E-state index in [1.807, 2.05) is 42.0 Å². The minimum Gasteiger partial charge on any atom is -0.475 e. The third-order valence-electron chi connectivity index (χ3n) is 2.92. The maximum absolute atomic E-state index is 5.75. The number of aromatic nitrogens is 4. The summed E-state index contributed by atoms with van der Waals surface area (Å²) in [6, 6.07) is 5.84. The molecule has 102 valence electrons. The zero-order chi connectivity index (χ0) is 13.8. The number of ether oxygens (including phenoxy) is 1. The molecule has 3 aromatic rings. The van der Waals surface area contributed by atoms with Gasteiger partial charge in [0.05, 0.1) is 12.8 Å². The molecule has 3 rings (SSSR count). The molecule has 0 saturated heterocycles.